The molecule has 0 radical (unpaired) electrons. The van der Waals surface area contributed by atoms with Gasteiger partial charge in [-0.2, -0.15) is 0 Å². The Kier molecular flexibility index (Phi) is 1.88. The zero-order chi connectivity index (χ0) is 9.54. The highest BCUT2D eigenvalue weighted by molar-refractivity contribution is 5.42. The number of rotatable bonds is 0. The van der Waals surface area contributed by atoms with Gasteiger partial charge in [0, 0.05) is 13.1 Å². The zero-order valence-corrected chi connectivity index (χ0v) is 8.79. The maximum atomic E-state index is 2.49. The Morgan fingerprint density at radius 3 is 2.86 bits per heavy atom. The molecule has 3 rings (SSSR count). The van der Waals surface area contributed by atoms with Gasteiger partial charge in [-0.05, 0) is 48.9 Å². The average molecular weight is 187 g/mol. The molecule has 0 saturated carbocycles. The van der Waals surface area contributed by atoms with Crippen LogP contribution in [-0.2, 0) is 12.8 Å². The van der Waals surface area contributed by atoms with Crippen LogP contribution >= 0.6 is 0 Å². The van der Waals surface area contributed by atoms with Gasteiger partial charge in [0.05, 0.1) is 0 Å². The maximum Gasteiger partial charge on any atom is 0.00477 e. The first-order valence-corrected chi connectivity index (χ1v) is 5.64. The van der Waals surface area contributed by atoms with E-state index in [9.17, 15) is 0 Å². The molecule has 2 aliphatic rings. The third-order valence-electron chi connectivity index (χ3n) is 3.75. The number of nitrogens with zero attached hydrogens (tertiary/aromatic N) is 1. The van der Waals surface area contributed by atoms with E-state index in [0.29, 0.717) is 0 Å². The molecule has 1 aromatic rings. The van der Waals surface area contributed by atoms with Gasteiger partial charge in [0.25, 0.3) is 0 Å². The van der Waals surface area contributed by atoms with Gasteiger partial charge in [0.1, 0.15) is 0 Å². The molecule has 0 aromatic heterocycles. The first kappa shape index (κ1) is 8.49. The topological polar surface area (TPSA) is 3.24 Å². The van der Waals surface area contributed by atoms with Gasteiger partial charge >= 0.3 is 0 Å². The van der Waals surface area contributed by atoms with Crippen molar-refractivity contribution in [3.05, 3.63) is 34.9 Å². The van der Waals surface area contributed by atoms with E-state index < -0.39 is 0 Å². The summed E-state index contributed by atoms with van der Waals surface area (Å²) in [7, 11) is 2.25. The van der Waals surface area contributed by atoms with Gasteiger partial charge in [0.2, 0.25) is 0 Å². The van der Waals surface area contributed by atoms with Crippen molar-refractivity contribution in [1.82, 2.24) is 4.90 Å². The second-order valence-corrected chi connectivity index (χ2v) is 4.74. The molecule has 1 heteroatoms. The highest BCUT2D eigenvalue weighted by Gasteiger charge is 2.27. The Morgan fingerprint density at radius 2 is 2.00 bits per heavy atom. The van der Waals surface area contributed by atoms with Gasteiger partial charge < -0.3 is 4.90 Å². The Labute approximate surface area is 85.7 Å². The van der Waals surface area contributed by atoms with Crippen molar-refractivity contribution in [2.45, 2.75) is 25.2 Å². The Morgan fingerprint density at radius 1 is 1.21 bits per heavy atom. The molecule has 1 atom stereocenters. The van der Waals surface area contributed by atoms with Crippen LogP contribution in [0.15, 0.2) is 18.2 Å². The van der Waals surface area contributed by atoms with E-state index in [1.165, 1.54) is 32.4 Å². The summed E-state index contributed by atoms with van der Waals surface area (Å²) < 4.78 is 0. The summed E-state index contributed by atoms with van der Waals surface area (Å²) in [5.74, 6) is 0.827. The van der Waals surface area contributed by atoms with Gasteiger partial charge in [-0.25, -0.2) is 0 Å². The van der Waals surface area contributed by atoms with E-state index in [2.05, 4.69) is 30.1 Å². The number of hydrogen-bond acceptors (Lipinski definition) is 1. The fourth-order valence-corrected chi connectivity index (χ4v) is 3.06. The van der Waals surface area contributed by atoms with Crippen LogP contribution in [-0.4, -0.2) is 25.0 Å². The maximum absolute atomic E-state index is 2.49. The molecule has 0 fully saturated rings. The Hall–Kier alpha value is -0.820. The highest BCUT2D eigenvalue weighted by Crippen LogP contribution is 2.37. The fourth-order valence-electron chi connectivity index (χ4n) is 3.06. The van der Waals surface area contributed by atoms with Crippen LogP contribution < -0.4 is 0 Å². The predicted molar refractivity (Wildman–Crippen MR) is 58.7 cm³/mol. The third-order valence-corrected chi connectivity index (χ3v) is 3.75. The second-order valence-electron chi connectivity index (χ2n) is 4.74. The van der Waals surface area contributed by atoms with E-state index in [0.717, 1.165) is 5.92 Å². The molecule has 1 aliphatic heterocycles. The molecule has 0 saturated heterocycles. The highest BCUT2D eigenvalue weighted by atomic mass is 15.1. The third kappa shape index (κ3) is 1.19. The van der Waals surface area contributed by atoms with Crippen LogP contribution in [0.5, 0.6) is 0 Å². The molecule has 0 spiro atoms. The van der Waals surface area contributed by atoms with E-state index in [4.69, 9.17) is 0 Å². The summed E-state index contributed by atoms with van der Waals surface area (Å²) in [6.07, 6.45) is 3.93. The monoisotopic (exact) mass is 187 g/mol. The van der Waals surface area contributed by atoms with Gasteiger partial charge in [-0.1, -0.05) is 18.2 Å². The quantitative estimate of drug-likeness (QED) is 0.602. The summed E-state index contributed by atoms with van der Waals surface area (Å²) >= 11 is 0. The minimum atomic E-state index is 0.827. The molecule has 74 valence electrons. The molecule has 1 heterocycles. The second kappa shape index (κ2) is 3.09. The van der Waals surface area contributed by atoms with Gasteiger partial charge in [-0.3, -0.25) is 0 Å². The lowest BCUT2D eigenvalue weighted by molar-refractivity contribution is 0.324. The number of aryl methyl sites for hydroxylation is 1. The summed E-state index contributed by atoms with van der Waals surface area (Å²) in [6.45, 7) is 2.50. The standard InChI is InChI=1S/C13H17N/c1-14-8-7-11-4-2-3-10-5-6-12(9-14)13(10)11/h2-4,12H,5-9H2,1H3. The van der Waals surface area contributed by atoms with Crippen LogP contribution in [0.3, 0.4) is 0 Å². The Balaban J connectivity index is 2.10. The lowest BCUT2D eigenvalue weighted by Gasteiger charge is -2.17. The van der Waals surface area contributed by atoms with Crippen molar-refractivity contribution >= 4 is 0 Å². The van der Waals surface area contributed by atoms with Crippen molar-refractivity contribution in [1.29, 1.82) is 0 Å². The largest absolute Gasteiger partial charge is 0.305 e. The lowest BCUT2D eigenvalue weighted by atomic mass is 9.95. The van der Waals surface area contributed by atoms with Crippen molar-refractivity contribution in [3.8, 4) is 0 Å². The number of likely N-dealkylation sites (N-methyl/N-ethyl adjacent to an activating group) is 1. The van der Waals surface area contributed by atoms with Crippen molar-refractivity contribution in [3.63, 3.8) is 0 Å². The molecule has 1 unspecified atom stereocenters. The minimum Gasteiger partial charge on any atom is -0.305 e. The number of hydrogen-bond donors (Lipinski definition) is 0. The van der Waals surface area contributed by atoms with Gasteiger partial charge in [-0.15, -0.1) is 0 Å². The average Bonchev–Trinajstić information content (AvgIpc) is 2.51. The minimum absolute atomic E-state index is 0.827. The molecular weight excluding hydrogens is 170 g/mol. The van der Waals surface area contributed by atoms with Crippen LogP contribution in [0.1, 0.15) is 29.0 Å². The van der Waals surface area contributed by atoms with Crippen LogP contribution in [0, 0.1) is 0 Å². The fraction of sp³-hybridized carbons (Fsp3) is 0.538. The molecule has 0 amide bonds. The van der Waals surface area contributed by atoms with E-state index in [1.807, 2.05) is 0 Å². The normalized spacial score (nSPS) is 25.9. The van der Waals surface area contributed by atoms with E-state index >= 15 is 0 Å². The molecule has 0 N–H and O–H groups in total. The number of benzene rings is 1. The zero-order valence-electron chi connectivity index (χ0n) is 8.79. The summed E-state index contributed by atoms with van der Waals surface area (Å²) in [6, 6.07) is 6.89. The molecule has 14 heavy (non-hydrogen) atoms. The summed E-state index contributed by atoms with van der Waals surface area (Å²) in [4.78, 5) is 2.49. The van der Waals surface area contributed by atoms with Crippen molar-refractivity contribution in [2.75, 3.05) is 20.1 Å². The smallest absolute Gasteiger partial charge is 0.00477 e. The summed E-state index contributed by atoms with van der Waals surface area (Å²) in [5.41, 5.74) is 4.95. The lowest BCUT2D eigenvalue weighted by Crippen LogP contribution is -2.23. The first-order chi connectivity index (χ1) is 6.84. The Bertz CT molecular complexity index is 356. The van der Waals surface area contributed by atoms with Crippen molar-refractivity contribution < 1.29 is 0 Å². The first-order valence-electron chi connectivity index (χ1n) is 5.64. The molecule has 1 nitrogen and oxygen atoms in total. The van der Waals surface area contributed by atoms with Crippen molar-refractivity contribution in [2.24, 2.45) is 0 Å². The molecule has 1 aromatic carbocycles. The molecule has 1 aliphatic carbocycles. The van der Waals surface area contributed by atoms with E-state index in [1.54, 1.807) is 16.7 Å². The van der Waals surface area contributed by atoms with Gasteiger partial charge in [0.15, 0.2) is 0 Å². The SMILES string of the molecule is CN1CCc2cccc3c2C(CC3)C1. The van der Waals surface area contributed by atoms with Crippen LogP contribution in [0.4, 0.5) is 0 Å². The predicted octanol–water partition coefficient (Wildman–Crippen LogP) is 2.20. The molecule has 0 bridgehead atoms. The summed E-state index contributed by atoms with van der Waals surface area (Å²) in [5, 5.41) is 0. The van der Waals surface area contributed by atoms with E-state index in [-0.39, 0.29) is 0 Å². The van der Waals surface area contributed by atoms with Crippen LogP contribution in [0.2, 0.25) is 0 Å². The van der Waals surface area contributed by atoms with Crippen LogP contribution in [0.25, 0.3) is 0 Å². The molecular formula is C13H17N.